The van der Waals surface area contributed by atoms with Gasteiger partial charge in [-0.3, -0.25) is 9.79 Å². The van der Waals surface area contributed by atoms with Crippen LogP contribution in [0.4, 0.5) is 0 Å². The zero-order chi connectivity index (χ0) is 17.5. The van der Waals surface area contributed by atoms with E-state index in [-0.39, 0.29) is 11.9 Å². The summed E-state index contributed by atoms with van der Waals surface area (Å²) in [5.74, 6) is -0.375. The fourth-order valence-corrected chi connectivity index (χ4v) is 2.92. The molecular formula is C20H22N4O. The molecule has 5 heteroatoms. The van der Waals surface area contributed by atoms with Gasteiger partial charge in [-0.2, -0.15) is 0 Å². The molecule has 0 saturated heterocycles. The number of nitrogens with one attached hydrogen (secondary N) is 2. The first-order chi connectivity index (χ1) is 12.3. The maximum Gasteiger partial charge on any atom is 0.246 e. The van der Waals surface area contributed by atoms with Gasteiger partial charge in [0.1, 0.15) is 6.04 Å². The molecule has 1 aliphatic rings. The van der Waals surface area contributed by atoms with Gasteiger partial charge in [0.2, 0.25) is 5.91 Å². The third kappa shape index (κ3) is 4.33. The van der Waals surface area contributed by atoms with Crippen molar-refractivity contribution in [1.82, 2.24) is 10.6 Å². The molecule has 1 heterocycles. The molecule has 128 valence electrons. The number of benzene rings is 2. The average Bonchev–Trinajstić information content (AvgIpc) is 2.67. The number of hydrogen-bond acceptors (Lipinski definition) is 3. The molecular weight excluding hydrogens is 312 g/mol. The molecule has 0 fully saturated rings. The number of aliphatic imine (C=N–C) groups is 1. The Balaban J connectivity index is 1.83. The van der Waals surface area contributed by atoms with Gasteiger partial charge in [0, 0.05) is 17.8 Å². The van der Waals surface area contributed by atoms with E-state index in [1.165, 1.54) is 0 Å². The summed E-state index contributed by atoms with van der Waals surface area (Å²) in [4.78, 5) is 16.3. The van der Waals surface area contributed by atoms with E-state index >= 15 is 0 Å². The van der Waals surface area contributed by atoms with Crippen LogP contribution in [-0.4, -0.2) is 25.3 Å². The quantitative estimate of drug-likeness (QED) is 0.559. The van der Waals surface area contributed by atoms with E-state index < -0.39 is 0 Å². The van der Waals surface area contributed by atoms with Gasteiger partial charge in [-0.05, 0) is 24.1 Å². The molecule has 5 nitrogen and oxygen atoms in total. The normalized spacial score (nSPS) is 14.9. The Bertz CT molecular complexity index is 729. The first-order valence-electron chi connectivity index (χ1n) is 8.36. The molecule has 1 amide bonds. The fraction of sp³-hybridized carbons (Fsp3) is 0.200. The number of carbonyl (C=O) groups excluding carboxylic acids is 1. The number of primary amides is 1. The molecule has 2 aromatic carbocycles. The maximum absolute atomic E-state index is 11.6. The van der Waals surface area contributed by atoms with Gasteiger partial charge in [-0.25, -0.2) is 0 Å². The van der Waals surface area contributed by atoms with Crippen molar-refractivity contribution in [2.75, 3.05) is 13.1 Å². The largest absolute Gasteiger partial charge is 0.366 e. The smallest absolute Gasteiger partial charge is 0.246 e. The summed E-state index contributed by atoms with van der Waals surface area (Å²) in [5, 5.41) is 6.38. The van der Waals surface area contributed by atoms with Crippen molar-refractivity contribution in [2.24, 2.45) is 10.7 Å². The first kappa shape index (κ1) is 16.9. The molecule has 0 bridgehead atoms. The van der Waals surface area contributed by atoms with Gasteiger partial charge in [-0.15, -0.1) is 0 Å². The van der Waals surface area contributed by atoms with E-state index in [1.807, 2.05) is 36.4 Å². The van der Waals surface area contributed by atoms with Crippen molar-refractivity contribution in [2.45, 2.75) is 12.5 Å². The topological polar surface area (TPSA) is 79.5 Å². The van der Waals surface area contributed by atoms with Crippen LogP contribution < -0.4 is 16.4 Å². The second kappa shape index (κ2) is 8.26. The van der Waals surface area contributed by atoms with Crippen LogP contribution in [0, 0.1) is 0 Å². The summed E-state index contributed by atoms with van der Waals surface area (Å²) in [7, 11) is 0. The zero-order valence-electron chi connectivity index (χ0n) is 14.0. The Hall–Kier alpha value is -2.92. The Kier molecular flexibility index (Phi) is 5.59. The van der Waals surface area contributed by atoms with Gasteiger partial charge in [0.05, 0.1) is 6.34 Å². The third-order valence-electron chi connectivity index (χ3n) is 4.21. The number of carbonyl (C=O) groups is 1. The molecule has 0 aliphatic carbocycles. The Morgan fingerprint density at radius 2 is 1.68 bits per heavy atom. The first-order valence-corrected chi connectivity index (χ1v) is 8.36. The van der Waals surface area contributed by atoms with Gasteiger partial charge in [0.25, 0.3) is 0 Å². The minimum absolute atomic E-state index is 0.107. The van der Waals surface area contributed by atoms with Crippen molar-refractivity contribution in [3.8, 4) is 0 Å². The van der Waals surface area contributed by atoms with E-state index in [0.29, 0.717) is 18.5 Å². The molecule has 1 aliphatic heterocycles. The lowest BCUT2D eigenvalue weighted by atomic mass is 9.99. The molecule has 0 atom stereocenters. The summed E-state index contributed by atoms with van der Waals surface area (Å²) in [6.07, 6.45) is 2.29. The lowest BCUT2D eigenvalue weighted by Crippen LogP contribution is -2.35. The molecule has 0 spiro atoms. The van der Waals surface area contributed by atoms with E-state index in [0.717, 1.165) is 23.4 Å². The highest BCUT2D eigenvalue weighted by atomic mass is 16.1. The van der Waals surface area contributed by atoms with Crippen molar-refractivity contribution < 1.29 is 4.79 Å². The zero-order valence-corrected chi connectivity index (χ0v) is 14.0. The highest BCUT2D eigenvalue weighted by molar-refractivity contribution is 5.93. The highest BCUT2D eigenvalue weighted by Gasteiger charge is 2.16. The molecule has 0 radical (unpaired) electrons. The molecule has 2 aromatic rings. The summed E-state index contributed by atoms with van der Waals surface area (Å²) in [6, 6.07) is 20.1. The summed E-state index contributed by atoms with van der Waals surface area (Å²) in [6.45, 7) is 1.35. The Labute approximate surface area is 147 Å². The number of amides is 1. The van der Waals surface area contributed by atoms with Crippen LogP contribution in [0.1, 0.15) is 23.6 Å². The fourth-order valence-electron chi connectivity index (χ4n) is 2.92. The van der Waals surface area contributed by atoms with Crippen LogP contribution >= 0.6 is 0 Å². The Morgan fingerprint density at radius 1 is 1.08 bits per heavy atom. The maximum atomic E-state index is 11.6. The lowest BCUT2D eigenvalue weighted by molar-refractivity contribution is -0.114. The van der Waals surface area contributed by atoms with Crippen molar-refractivity contribution >= 4 is 12.2 Å². The number of hydrogen-bond donors (Lipinski definition) is 3. The van der Waals surface area contributed by atoms with Gasteiger partial charge in [0.15, 0.2) is 0 Å². The molecule has 3 rings (SSSR count). The standard InChI is InChI=1S/C20H22N4O/c21-20(25)17-11-12-22-13-18(17)23-14-24-19(15-7-3-1-4-8-15)16-9-5-2-6-10-16/h1-10,14,19,22H,11-13H2,(H2,21,25)(H,23,24). The van der Waals surface area contributed by atoms with Gasteiger partial charge >= 0.3 is 0 Å². The highest BCUT2D eigenvalue weighted by Crippen LogP contribution is 2.25. The predicted molar refractivity (Wildman–Crippen MR) is 100 cm³/mol. The van der Waals surface area contributed by atoms with Crippen molar-refractivity contribution in [1.29, 1.82) is 0 Å². The summed E-state index contributed by atoms with van der Waals surface area (Å²) in [5.41, 5.74) is 9.11. The summed E-state index contributed by atoms with van der Waals surface area (Å²) < 4.78 is 0. The molecule has 0 aromatic heterocycles. The average molecular weight is 334 g/mol. The van der Waals surface area contributed by atoms with Gasteiger partial charge in [-0.1, -0.05) is 60.7 Å². The van der Waals surface area contributed by atoms with Crippen LogP contribution in [0.15, 0.2) is 76.9 Å². The van der Waals surface area contributed by atoms with Crippen molar-refractivity contribution in [3.05, 3.63) is 83.1 Å². The number of nitrogens with two attached hydrogens (primary N) is 1. The monoisotopic (exact) mass is 334 g/mol. The Morgan fingerprint density at radius 3 is 2.24 bits per heavy atom. The number of nitrogens with zero attached hydrogens (tertiary/aromatic N) is 1. The van der Waals surface area contributed by atoms with Crippen LogP contribution in [-0.2, 0) is 4.79 Å². The predicted octanol–water partition coefficient (Wildman–Crippen LogP) is 2.13. The molecule has 4 N–H and O–H groups in total. The van der Waals surface area contributed by atoms with Gasteiger partial charge < -0.3 is 16.4 Å². The summed E-state index contributed by atoms with van der Waals surface area (Å²) >= 11 is 0. The van der Waals surface area contributed by atoms with Crippen molar-refractivity contribution in [3.63, 3.8) is 0 Å². The SMILES string of the molecule is NC(=O)C1=C(NC=NC(c2ccccc2)c2ccccc2)CNCC1. The van der Waals surface area contributed by atoms with E-state index in [4.69, 9.17) is 10.7 Å². The van der Waals surface area contributed by atoms with E-state index in [2.05, 4.69) is 34.9 Å². The molecule has 25 heavy (non-hydrogen) atoms. The second-order valence-electron chi connectivity index (χ2n) is 5.89. The lowest BCUT2D eigenvalue weighted by Gasteiger charge is -2.19. The third-order valence-corrected chi connectivity index (χ3v) is 4.21. The second-order valence-corrected chi connectivity index (χ2v) is 5.89. The molecule has 0 saturated carbocycles. The molecule has 0 unspecified atom stereocenters. The number of rotatable bonds is 6. The minimum atomic E-state index is -0.375. The van der Waals surface area contributed by atoms with Crippen LogP contribution in [0.25, 0.3) is 0 Å². The minimum Gasteiger partial charge on any atom is -0.366 e. The van der Waals surface area contributed by atoms with Crippen LogP contribution in [0.5, 0.6) is 0 Å². The van der Waals surface area contributed by atoms with E-state index in [9.17, 15) is 4.79 Å². The van der Waals surface area contributed by atoms with Crippen LogP contribution in [0.3, 0.4) is 0 Å². The van der Waals surface area contributed by atoms with Crippen LogP contribution in [0.2, 0.25) is 0 Å². The van der Waals surface area contributed by atoms with E-state index in [1.54, 1.807) is 6.34 Å².